The van der Waals surface area contributed by atoms with Crippen molar-refractivity contribution in [2.75, 3.05) is 24.5 Å². The van der Waals surface area contributed by atoms with Crippen LogP contribution in [-0.4, -0.2) is 44.4 Å². The molecule has 1 unspecified atom stereocenters. The first-order valence-electron chi connectivity index (χ1n) is 9.40. The number of anilines is 1. The lowest BCUT2D eigenvalue weighted by Crippen LogP contribution is -2.41. The van der Waals surface area contributed by atoms with Gasteiger partial charge in [-0.1, -0.05) is 26.7 Å². The summed E-state index contributed by atoms with van der Waals surface area (Å²) in [6, 6.07) is 4.81. The van der Waals surface area contributed by atoms with Crippen molar-refractivity contribution in [2.24, 2.45) is 0 Å². The molecule has 0 saturated heterocycles. The van der Waals surface area contributed by atoms with Gasteiger partial charge in [-0.25, -0.2) is 8.42 Å². The van der Waals surface area contributed by atoms with E-state index < -0.39 is 10.0 Å². The van der Waals surface area contributed by atoms with Crippen LogP contribution in [0, 0.1) is 0 Å². The number of rotatable bonds is 8. The second-order valence-electron chi connectivity index (χ2n) is 6.80. The number of sulfonamides is 1. The minimum atomic E-state index is -3.60. The summed E-state index contributed by atoms with van der Waals surface area (Å²) in [6.45, 7) is 8.92. The molecule has 1 amide bonds. The average molecular weight is 383 g/mol. The zero-order valence-corrected chi connectivity index (χ0v) is 17.0. The fourth-order valence-corrected chi connectivity index (χ4v) is 4.58. The van der Waals surface area contributed by atoms with Crippen LogP contribution >= 0.6 is 0 Å². The second-order valence-corrected chi connectivity index (χ2v) is 8.74. The number of fused-ring (bicyclic) bond motifs is 1. The molecule has 7 heteroatoms. The molecule has 0 fully saturated rings. The number of benzene rings is 1. The van der Waals surface area contributed by atoms with Gasteiger partial charge >= 0.3 is 0 Å². The van der Waals surface area contributed by atoms with E-state index in [1.165, 1.54) is 6.92 Å². The largest absolute Gasteiger partial charge is 0.487 e. The van der Waals surface area contributed by atoms with Crippen LogP contribution in [-0.2, 0) is 14.8 Å². The molecular formula is C19H30N2O4S. The van der Waals surface area contributed by atoms with Gasteiger partial charge in [-0.05, 0) is 38.0 Å². The zero-order valence-electron chi connectivity index (χ0n) is 16.2. The molecule has 0 saturated carbocycles. The summed E-state index contributed by atoms with van der Waals surface area (Å²) in [5.74, 6) is 0.427. The van der Waals surface area contributed by atoms with Crippen LogP contribution in [0.2, 0.25) is 0 Å². The van der Waals surface area contributed by atoms with E-state index in [0.717, 1.165) is 25.7 Å². The number of carbonyl (C=O) groups excluding carboxylic acids is 1. The Kier molecular flexibility index (Phi) is 7.06. The minimum absolute atomic E-state index is 0.121. The molecule has 0 radical (unpaired) electrons. The molecule has 146 valence electrons. The monoisotopic (exact) mass is 382 g/mol. The molecular weight excluding hydrogens is 352 g/mol. The Balaban J connectivity index is 2.40. The van der Waals surface area contributed by atoms with Crippen molar-refractivity contribution in [1.29, 1.82) is 0 Å². The number of carbonyl (C=O) groups is 1. The maximum Gasteiger partial charge on any atom is 0.243 e. The highest BCUT2D eigenvalue weighted by molar-refractivity contribution is 7.89. The first kappa shape index (κ1) is 20.7. The van der Waals surface area contributed by atoms with Gasteiger partial charge in [-0.2, -0.15) is 4.31 Å². The lowest BCUT2D eigenvalue weighted by atomic mass is 10.2. The number of hydrogen-bond acceptors (Lipinski definition) is 4. The van der Waals surface area contributed by atoms with Crippen LogP contribution in [0.1, 0.15) is 53.4 Å². The van der Waals surface area contributed by atoms with Crippen molar-refractivity contribution in [3.63, 3.8) is 0 Å². The van der Waals surface area contributed by atoms with E-state index in [9.17, 15) is 13.2 Å². The van der Waals surface area contributed by atoms with Gasteiger partial charge in [-0.15, -0.1) is 0 Å². The van der Waals surface area contributed by atoms with Crippen LogP contribution in [0.5, 0.6) is 5.75 Å². The Labute approximate surface area is 157 Å². The Morgan fingerprint density at radius 2 is 1.85 bits per heavy atom. The lowest BCUT2D eigenvalue weighted by molar-refractivity contribution is -0.117. The molecule has 1 atom stereocenters. The topological polar surface area (TPSA) is 66.9 Å². The summed E-state index contributed by atoms with van der Waals surface area (Å²) >= 11 is 0. The van der Waals surface area contributed by atoms with E-state index in [1.54, 1.807) is 27.4 Å². The summed E-state index contributed by atoms with van der Waals surface area (Å²) in [4.78, 5) is 13.8. The maximum absolute atomic E-state index is 13.2. The van der Waals surface area contributed by atoms with Gasteiger partial charge in [-0.3, -0.25) is 4.79 Å². The highest BCUT2D eigenvalue weighted by atomic mass is 32.2. The molecule has 0 aromatic heterocycles. The SMILES string of the molecule is CCCCN(CCCC)S(=O)(=O)c1ccc2c(c1)N(C(C)=O)CC(C)O2. The van der Waals surface area contributed by atoms with Crippen molar-refractivity contribution in [3.8, 4) is 5.75 Å². The van der Waals surface area contributed by atoms with Crippen molar-refractivity contribution >= 4 is 21.6 Å². The van der Waals surface area contributed by atoms with Crippen molar-refractivity contribution in [3.05, 3.63) is 18.2 Å². The van der Waals surface area contributed by atoms with Crippen molar-refractivity contribution in [1.82, 2.24) is 4.31 Å². The fraction of sp³-hybridized carbons (Fsp3) is 0.632. The third-order valence-electron chi connectivity index (χ3n) is 4.53. The number of hydrogen-bond donors (Lipinski definition) is 0. The first-order chi connectivity index (χ1) is 12.3. The number of nitrogens with zero attached hydrogens (tertiary/aromatic N) is 2. The molecule has 0 N–H and O–H groups in total. The summed E-state index contributed by atoms with van der Waals surface area (Å²) in [7, 11) is -3.60. The number of ether oxygens (including phenoxy) is 1. The second kappa shape index (κ2) is 8.86. The normalized spacial score (nSPS) is 17.1. The third kappa shape index (κ3) is 4.57. The third-order valence-corrected chi connectivity index (χ3v) is 6.42. The van der Waals surface area contributed by atoms with Gasteiger partial charge < -0.3 is 9.64 Å². The predicted octanol–water partition coefficient (Wildman–Crippen LogP) is 3.41. The lowest BCUT2D eigenvalue weighted by Gasteiger charge is -2.33. The standard InChI is InChI=1S/C19H30N2O4S/c1-5-7-11-20(12-8-6-2)26(23,24)17-9-10-19-18(13-17)21(16(4)22)14-15(3)25-19/h9-10,13,15H,5-8,11-12,14H2,1-4H3. The van der Waals surface area contributed by atoms with Gasteiger partial charge in [0.15, 0.2) is 0 Å². The smallest absolute Gasteiger partial charge is 0.243 e. The summed E-state index contributed by atoms with van der Waals surface area (Å²) in [5.41, 5.74) is 0.530. The van der Waals surface area contributed by atoms with Crippen molar-refractivity contribution in [2.45, 2.75) is 64.4 Å². The molecule has 1 heterocycles. The average Bonchev–Trinajstić information content (AvgIpc) is 2.60. The van der Waals surface area contributed by atoms with Crippen LogP contribution in [0.3, 0.4) is 0 Å². The molecule has 26 heavy (non-hydrogen) atoms. The molecule has 1 aliphatic heterocycles. The van der Waals surface area contributed by atoms with E-state index >= 15 is 0 Å². The van der Waals surface area contributed by atoms with E-state index in [4.69, 9.17) is 4.74 Å². The first-order valence-corrected chi connectivity index (χ1v) is 10.8. The highest BCUT2D eigenvalue weighted by Crippen LogP contribution is 2.36. The zero-order chi connectivity index (χ0) is 19.3. The van der Waals surface area contributed by atoms with E-state index in [1.807, 2.05) is 20.8 Å². The Hall–Kier alpha value is -1.60. The van der Waals surface area contributed by atoms with Crippen LogP contribution < -0.4 is 9.64 Å². The van der Waals surface area contributed by atoms with Crippen LogP contribution in [0.4, 0.5) is 5.69 Å². The van der Waals surface area contributed by atoms with Gasteiger partial charge in [0.25, 0.3) is 0 Å². The minimum Gasteiger partial charge on any atom is -0.487 e. The van der Waals surface area contributed by atoms with Crippen LogP contribution in [0.25, 0.3) is 0 Å². The molecule has 0 bridgehead atoms. The Morgan fingerprint density at radius 1 is 1.23 bits per heavy atom. The molecule has 0 spiro atoms. The Bertz CT molecular complexity index is 725. The number of amides is 1. The van der Waals surface area contributed by atoms with Gasteiger partial charge in [0.1, 0.15) is 11.9 Å². The molecule has 0 aliphatic carbocycles. The molecule has 6 nitrogen and oxygen atoms in total. The van der Waals surface area contributed by atoms with E-state index in [2.05, 4.69) is 0 Å². The highest BCUT2D eigenvalue weighted by Gasteiger charge is 2.30. The maximum atomic E-state index is 13.2. The molecule has 1 aromatic carbocycles. The Morgan fingerprint density at radius 3 is 2.38 bits per heavy atom. The van der Waals surface area contributed by atoms with Gasteiger partial charge in [0.05, 0.1) is 17.1 Å². The molecule has 1 aliphatic rings. The molecule has 2 rings (SSSR count). The fourth-order valence-electron chi connectivity index (χ4n) is 3.05. The van der Waals surface area contributed by atoms with Gasteiger partial charge in [0, 0.05) is 20.0 Å². The van der Waals surface area contributed by atoms with E-state index in [0.29, 0.717) is 31.1 Å². The van der Waals surface area contributed by atoms with E-state index in [-0.39, 0.29) is 16.9 Å². The number of unbranched alkanes of at least 4 members (excludes halogenated alkanes) is 2. The van der Waals surface area contributed by atoms with Crippen LogP contribution in [0.15, 0.2) is 23.1 Å². The summed E-state index contributed by atoms with van der Waals surface area (Å²) in [5, 5.41) is 0. The van der Waals surface area contributed by atoms with Gasteiger partial charge in [0.2, 0.25) is 15.9 Å². The predicted molar refractivity (Wildman–Crippen MR) is 103 cm³/mol. The summed E-state index contributed by atoms with van der Waals surface area (Å²) in [6.07, 6.45) is 3.40. The molecule has 1 aromatic rings. The summed E-state index contributed by atoms with van der Waals surface area (Å²) < 4.78 is 33.6. The van der Waals surface area contributed by atoms with Crippen molar-refractivity contribution < 1.29 is 17.9 Å². The quantitative estimate of drug-likeness (QED) is 0.691.